The van der Waals surface area contributed by atoms with Gasteiger partial charge in [-0.15, -0.1) is 10.2 Å². The van der Waals surface area contributed by atoms with E-state index in [2.05, 4.69) is 30.0 Å². The van der Waals surface area contributed by atoms with E-state index in [0.717, 1.165) is 69.5 Å². The number of guanidine groups is 1. The number of aryl methyl sites for hydroxylation is 2. The number of aliphatic imine (C=N–C) groups is 1. The Bertz CT molecular complexity index is 716. The van der Waals surface area contributed by atoms with E-state index in [1.54, 1.807) is 14.0 Å². The summed E-state index contributed by atoms with van der Waals surface area (Å²) in [5.74, 6) is 3.25. The minimum absolute atomic E-state index is 0.229. The first-order valence-electron chi connectivity index (χ1n) is 11.5. The second-order valence-electron chi connectivity index (χ2n) is 8.62. The van der Waals surface area contributed by atoms with Gasteiger partial charge in [-0.25, -0.2) is 0 Å². The van der Waals surface area contributed by atoms with Crippen LogP contribution in [-0.2, 0) is 19.4 Å². The highest BCUT2D eigenvalue weighted by molar-refractivity contribution is 5.80. The van der Waals surface area contributed by atoms with E-state index < -0.39 is 12.7 Å². The fraction of sp³-hybridized carbons (Fsp3) is 0.857. The summed E-state index contributed by atoms with van der Waals surface area (Å²) in [6.07, 6.45) is 3.22. The van der Waals surface area contributed by atoms with Gasteiger partial charge in [-0.2, -0.15) is 13.2 Å². The van der Waals surface area contributed by atoms with Gasteiger partial charge in [-0.05, 0) is 38.1 Å². The molecular weight excluding hydrogens is 407 g/mol. The second-order valence-corrected chi connectivity index (χ2v) is 8.62. The predicted molar refractivity (Wildman–Crippen MR) is 115 cm³/mol. The predicted octanol–water partition coefficient (Wildman–Crippen LogP) is 2.72. The van der Waals surface area contributed by atoms with Crippen LogP contribution < -0.4 is 5.32 Å². The van der Waals surface area contributed by atoms with Gasteiger partial charge in [0.25, 0.3) is 0 Å². The molecule has 1 atom stereocenters. The van der Waals surface area contributed by atoms with Crippen LogP contribution in [0.1, 0.15) is 50.7 Å². The zero-order valence-corrected chi connectivity index (χ0v) is 18.8. The minimum Gasteiger partial charge on any atom is -0.356 e. The molecule has 10 heteroatoms. The van der Waals surface area contributed by atoms with Gasteiger partial charge in [0, 0.05) is 52.6 Å². The summed E-state index contributed by atoms with van der Waals surface area (Å²) in [7, 11) is 1.76. The van der Waals surface area contributed by atoms with E-state index in [1.165, 1.54) is 24.2 Å². The highest BCUT2D eigenvalue weighted by atomic mass is 19.4. The molecule has 1 aromatic heterocycles. The fourth-order valence-corrected chi connectivity index (χ4v) is 4.61. The molecule has 3 rings (SSSR count). The molecule has 2 aliphatic rings. The van der Waals surface area contributed by atoms with Crippen LogP contribution in [-0.4, -0.2) is 83.0 Å². The van der Waals surface area contributed by atoms with Crippen molar-refractivity contribution >= 4 is 5.96 Å². The zero-order valence-electron chi connectivity index (χ0n) is 18.8. The van der Waals surface area contributed by atoms with Crippen LogP contribution in [0.2, 0.25) is 0 Å². The molecule has 1 N–H and O–H groups in total. The molecule has 2 aliphatic heterocycles. The lowest BCUT2D eigenvalue weighted by Crippen LogP contribution is -2.42. The molecule has 1 fully saturated rings. The van der Waals surface area contributed by atoms with Crippen LogP contribution in [0.3, 0.4) is 0 Å². The van der Waals surface area contributed by atoms with E-state index in [-0.39, 0.29) is 5.92 Å². The van der Waals surface area contributed by atoms with E-state index >= 15 is 0 Å². The minimum atomic E-state index is -4.14. The second kappa shape index (κ2) is 11.2. The average molecular weight is 444 g/mol. The lowest BCUT2D eigenvalue weighted by atomic mass is 10.1. The lowest BCUT2D eigenvalue weighted by molar-refractivity contribution is -0.146. The van der Waals surface area contributed by atoms with Gasteiger partial charge in [0.2, 0.25) is 0 Å². The number of aromatic nitrogens is 3. The van der Waals surface area contributed by atoms with Crippen molar-refractivity contribution in [3.05, 3.63) is 11.6 Å². The molecule has 1 saturated heterocycles. The molecule has 0 aliphatic carbocycles. The molecule has 0 amide bonds. The molecule has 0 aromatic carbocycles. The van der Waals surface area contributed by atoms with Crippen LogP contribution in [0.4, 0.5) is 13.2 Å². The van der Waals surface area contributed by atoms with Crippen LogP contribution >= 0.6 is 0 Å². The average Bonchev–Trinajstić information content (AvgIpc) is 3.26. The van der Waals surface area contributed by atoms with Crippen molar-refractivity contribution in [3.63, 3.8) is 0 Å². The van der Waals surface area contributed by atoms with Gasteiger partial charge in [-0.1, -0.05) is 13.3 Å². The quantitative estimate of drug-likeness (QED) is 0.380. The molecule has 0 radical (unpaired) electrons. The van der Waals surface area contributed by atoms with Gasteiger partial charge in [0.1, 0.15) is 11.6 Å². The summed E-state index contributed by atoms with van der Waals surface area (Å²) in [6, 6.07) is 0. The normalized spacial score (nSPS) is 20.3. The Kier molecular flexibility index (Phi) is 8.57. The fourth-order valence-electron chi connectivity index (χ4n) is 4.61. The van der Waals surface area contributed by atoms with E-state index in [9.17, 15) is 13.2 Å². The Labute approximate surface area is 183 Å². The number of likely N-dealkylation sites (tertiary alicyclic amines) is 1. The monoisotopic (exact) mass is 443 g/mol. The topological polar surface area (TPSA) is 61.6 Å². The highest BCUT2D eigenvalue weighted by Gasteiger charge is 2.33. The van der Waals surface area contributed by atoms with Crippen molar-refractivity contribution in [2.75, 3.05) is 46.3 Å². The van der Waals surface area contributed by atoms with Crippen LogP contribution in [0.15, 0.2) is 4.99 Å². The largest absolute Gasteiger partial charge is 0.401 e. The summed E-state index contributed by atoms with van der Waals surface area (Å²) in [5.41, 5.74) is 0. The Hall–Kier alpha value is -1.84. The van der Waals surface area contributed by atoms with Crippen molar-refractivity contribution in [3.8, 4) is 0 Å². The van der Waals surface area contributed by atoms with E-state index in [0.29, 0.717) is 13.1 Å². The number of rotatable bonds is 8. The number of nitrogens with one attached hydrogen (secondary N) is 1. The standard InChI is InChI=1S/C21H36F3N7/c1-3-29(16-21(22,23)24)14-17-10-13-30(15-17)20(25-2)26-11-7-9-19-28-27-18-8-5-4-6-12-31(18)19/h17H,3-16H2,1-2H3,(H,25,26). The summed E-state index contributed by atoms with van der Waals surface area (Å²) < 4.78 is 40.5. The Morgan fingerprint density at radius 3 is 2.81 bits per heavy atom. The Morgan fingerprint density at radius 2 is 2.06 bits per heavy atom. The summed E-state index contributed by atoms with van der Waals surface area (Å²) in [5, 5.41) is 12.2. The van der Waals surface area contributed by atoms with E-state index in [4.69, 9.17) is 0 Å². The Balaban J connectivity index is 1.41. The molecule has 1 unspecified atom stereocenters. The highest BCUT2D eigenvalue weighted by Crippen LogP contribution is 2.21. The first kappa shape index (κ1) is 23.8. The number of hydrogen-bond acceptors (Lipinski definition) is 4. The van der Waals surface area contributed by atoms with Gasteiger partial charge in [-0.3, -0.25) is 9.89 Å². The number of hydrogen-bond donors (Lipinski definition) is 1. The van der Waals surface area contributed by atoms with Gasteiger partial charge in [0.05, 0.1) is 6.54 Å². The number of fused-ring (bicyclic) bond motifs is 1. The van der Waals surface area contributed by atoms with Crippen molar-refractivity contribution < 1.29 is 13.2 Å². The maximum atomic E-state index is 12.7. The number of alkyl halides is 3. The lowest BCUT2D eigenvalue weighted by Gasteiger charge is -2.26. The van der Waals surface area contributed by atoms with Crippen molar-refractivity contribution in [2.24, 2.45) is 10.9 Å². The molecule has 1 aromatic rings. The summed E-state index contributed by atoms with van der Waals surface area (Å²) in [6.45, 7) is 5.21. The smallest absolute Gasteiger partial charge is 0.356 e. The number of halogens is 3. The molecule has 0 saturated carbocycles. The van der Waals surface area contributed by atoms with Crippen LogP contribution in [0.5, 0.6) is 0 Å². The van der Waals surface area contributed by atoms with Crippen molar-refractivity contribution in [1.29, 1.82) is 0 Å². The molecule has 176 valence electrons. The van der Waals surface area contributed by atoms with E-state index in [1.807, 2.05) is 0 Å². The Morgan fingerprint density at radius 1 is 1.23 bits per heavy atom. The van der Waals surface area contributed by atoms with Crippen LogP contribution in [0, 0.1) is 5.92 Å². The van der Waals surface area contributed by atoms with Gasteiger partial charge < -0.3 is 14.8 Å². The third kappa shape index (κ3) is 7.08. The van der Waals surface area contributed by atoms with Crippen LogP contribution in [0.25, 0.3) is 0 Å². The van der Waals surface area contributed by atoms with Crippen molar-refractivity contribution in [1.82, 2.24) is 29.9 Å². The zero-order chi connectivity index (χ0) is 22.3. The first-order valence-corrected chi connectivity index (χ1v) is 11.5. The number of nitrogens with zero attached hydrogens (tertiary/aromatic N) is 6. The molecular formula is C21H36F3N7. The summed E-state index contributed by atoms with van der Waals surface area (Å²) in [4.78, 5) is 8.04. The maximum absolute atomic E-state index is 12.7. The first-order chi connectivity index (χ1) is 14.9. The van der Waals surface area contributed by atoms with Gasteiger partial charge in [0.15, 0.2) is 5.96 Å². The van der Waals surface area contributed by atoms with Crippen molar-refractivity contribution in [2.45, 2.75) is 64.6 Å². The molecule has 31 heavy (non-hydrogen) atoms. The summed E-state index contributed by atoms with van der Waals surface area (Å²) >= 11 is 0. The third-order valence-electron chi connectivity index (χ3n) is 6.21. The molecule has 3 heterocycles. The maximum Gasteiger partial charge on any atom is 0.401 e. The van der Waals surface area contributed by atoms with Gasteiger partial charge >= 0.3 is 6.18 Å². The molecule has 7 nitrogen and oxygen atoms in total. The third-order valence-corrected chi connectivity index (χ3v) is 6.21. The SMILES string of the molecule is CCN(CC1CCN(C(=NC)NCCCc2nnc3n2CCCCC3)C1)CC(F)(F)F. The molecule has 0 bridgehead atoms. The molecule has 0 spiro atoms.